The summed E-state index contributed by atoms with van der Waals surface area (Å²) in [7, 11) is 1.86. The lowest BCUT2D eigenvalue weighted by Crippen LogP contribution is -2.31. The zero-order valence-corrected chi connectivity index (χ0v) is 21.1. The van der Waals surface area contributed by atoms with Gasteiger partial charge in [0.1, 0.15) is 12.4 Å². The SMILES string of the molecule is CN(CCOc1ccc(Cc2sc(=O)[nH]c2O)cc1)C(=O)CCCC1CCC2CCCCC2C1. The minimum absolute atomic E-state index is 0.0559. The number of benzene rings is 1. The number of aromatic amines is 1. The Hall–Kier alpha value is -2.28. The third-order valence-electron chi connectivity index (χ3n) is 7.76. The molecule has 2 aromatic rings. The van der Waals surface area contributed by atoms with Gasteiger partial charge in [-0.05, 0) is 61.1 Å². The normalized spacial score (nSPS) is 22.2. The summed E-state index contributed by atoms with van der Waals surface area (Å²) in [5, 5.41) is 9.72. The third kappa shape index (κ3) is 6.87. The Bertz CT molecular complexity index is 983. The number of thiazole rings is 1. The molecule has 1 amide bonds. The van der Waals surface area contributed by atoms with E-state index in [0.717, 1.165) is 46.8 Å². The van der Waals surface area contributed by atoms with E-state index in [2.05, 4.69) is 4.98 Å². The quantitative estimate of drug-likeness (QED) is 0.474. The van der Waals surface area contributed by atoms with E-state index in [1.807, 2.05) is 31.3 Å². The number of aromatic nitrogens is 1. The maximum atomic E-state index is 12.5. The molecule has 1 aromatic heterocycles. The van der Waals surface area contributed by atoms with Crippen LogP contribution in [0.25, 0.3) is 0 Å². The number of nitrogens with zero attached hydrogens (tertiary/aromatic N) is 1. The number of nitrogens with one attached hydrogen (secondary N) is 1. The summed E-state index contributed by atoms with van der Waals surface area (Å²) in [5.41, 5.74) is 0.988. The highest BCUT2D eigenvalue weighted by Crippen LogP contribution is 2.43. The van der Waals surface area contributed by atoms with Crippen LogP contribution in [0.4, 0.5) is 0 Å². The number of carbonyl (C=O) groups excluding carboxylic acids is 1. The molecule has 1 aromatic carbocycles. The Morgan fingerprint density at radius 1 is 1.15 bits per heavy atom. The van der Waals surface area contributed by atoms with Gasteiger partial charge in [-0.1, -0.05) is 55.6 Å². The predicted molar refractivity (Wildman–Crippen MR) is 136 cm³/mol. The summed E-state index contributed by atoms with van der Waals surface area (Å²) in [6.07, 6.45) is 13.2. The molecule has 186 valence electrons. The maximum Gasteiger partial charge on any atom is 0.307 e. The fourth-order valence-corrected chi connectivity index (χ4v) is 6.51. The van der Waals surface area contributed by atoms with E-state index >= 15 is 0 Å². The number of rotatable bonds is 10. The van der Waals surface area contributed by atoms with Crippen LogP contribution in [0, 0.1) is 17.8 Å². The molecule has 2 aliphatic rings. The lowest BCUT2D eigenvalue weighted by atomic mass is 9.67. The Kier molecular flexibility index (Phi) is 8.70. The average molecular weight is 487 g/mol. The van der Waals surface area contributed by atoms with Crippen LogP contribution >= 0.6 is 11.3 Å². The minimum Gasteiger partial charge on any atom is -0.494 e. The van der Waals surface area contributed by atoms with Crippen LogP contribution in [-0.2, 0) is 11.2 Å². The number of carbonyl (C=O) groups is 1. The summed E-state index contributed by atoms with van der Waals surface area (Å²) in [5.74, 6) is 3.68. The van der Waals surface area contributed by atoms with Crippen LogP contribution < -0.4 is 9.61 Å². The molecule has 0 radical (unpaired) electrons. The number of hydrogen-bond donors (Lipinski definition) is 2. The summed E-state index contributed by atoms with van der Waals surface area (Å²) in [6, 6.07) is 7.61. The molecule has 0 bridgehead atoms. The van der Waals surface area contributed by atoms with Crippen molar-refractivity contribution in [2.24, 2.45) is 17.8 Å². The van der Waals surface area contributed by atoms with Gasteiger partial charge in [0.25, 0.3) is 0 Å². The maximum absolute atomic E-state index is 12.5. The number of aromatic hydroxyl groups is 1. The number of fused-ring (bicyclic) bond motifs is 1. The first-order chi connectivity index (χ1) is 16.5. The standard InChI is InChI=1S/C27H38N2O4S/c1-29(25(30)8-4-5-19-9-12-21-6-2-3-7-22(21)17-19)15-16-33-23-13-10-20(11-14-23)18-24-26(31)28-27(32)34-24/h10-11,13-14,19,21-22,31H,2-9,12,15-18H2,1H3,(H,28,32). The van der Waals surface area contributed by atoms with Crippen molar-refractivity contribution in [3.8, 4) is 11.6 Å². The second kappa shape index (κ2) is 11.9. The number of ether oxygens (including phenoxy) is 1. The van der Waals surface area contributed by atoms with E-state index in [4.69, 9.17) is 4.74 Å². The van der Waals surface area contributed by atoms with Crippen molar-refractivity contribution >= 4 is 17.2 Å². The van der Waals surface area contributed by atoms with E-state index in [0.29, 0.717) is 30.9 Å². The molecule has 2 N–H and O–H groups in total. The molecule has 4 rings (SSSR count). The van der Waals surface area contributed by atoms with Crippen molar-refractivity contribution in [3.63, 3.8) is 0 Å². The number of hydrogen-bond acceptors (Lipinski definition) is 5. The highest BCUT2D eigenvalue weighted by molar-refractivity contribution is 7.09. The van der Waals surface area contributed by atoms with Gasteiger partial charge in [-0.2, -0.15) is 0 Å². The summed E-state index contributed by atoms with van der Waals surface area (Å²) in [6.45, 7) is 1.02. The molecule has 0 spiro atoms. The largest absolute Gasteiger partial charge is 0.494 e. The van der Waals surface area contributed by atoms with Crippen molar-refractivity contribution in [1.82, 2.24) is 9.88 Å². The van der Waals surface area contributed by atoms with Crippen molar-refractivity contribution < 1.29 is 14.6 Å². The zero-order chi connectivity index (χ0) is 23.9. The van der Waals surface area contributed by atoms with Gasteiger partial charge in [-0.3, -0.25) is 14.6 Å². The molecule has 2 fully saturated rings. The van der Waals surface area contributed by atoms with Crippen molar-refractivity contribution in [2.75, 3.05) is 20.2 Å². The molecule has 2 saturated carbocycles. The van der Waals surface area contributed by atoms with Crippen LogP contribution in [0.15, 0.2) is 29.1 Å². The van der Waals surface area contributed by atoms with E-state index in [-0.39, 0.29) is 16.7 Å². The van der Waals surface area contributed by atoms with Crippen molar-refractivity contribution in [3.05, 3.63) is 44.4 Å². The average Bonchev–Trinajstić information content (AvgIpc) is 3.16. The van der Waals surface area contributed by atoms with Gasteiger partial charge in [0.15, 0.2) is 0 Å². The lowest BCUT2D eigenvalue weighted by Gasteiger charge is -2.39. The Morgan fingerprint density at radius 3 is 2.65 bits per heavy atom. The number of amides is 1. The highest BCUT2D eigenvalue weighted by Gasteiger charge is 2.31. The monoisotopic (exact) mass is 486 g/mol. The van der Waals surface area contributed by atoms with Gasteiger partial charge in [0, 0.05) is 19.9 Å². The topological polar surface area (TPSA) is 82.6 Å². The third-order valence-corrected chi connectivity index (χ3v) is 8.63. The minimum atomic E-state index is -0.252. The molecule has 2 aliphatic carbocycles. The molecular weight excluding hydrogens is 448 g/mol. The van der Waals surface area contributed by atoms with Crippen molar-refractivity contribution in [2.45, 2.75) is 70.6 Å². The summed E-state index contributed by atoms with van der Waals surface area (Å²) < 4.78 is 5.81. The molecule has 7 heteroatoms. The molecule has 0 aliphatic heterocycles. The van der Waals surface area contributed by atoms with Gasteiger partial charge < -0.3 is 14.7 Å². The van der Waals surface area contributed by atoms with Crippen LogP contribution in [0.1, 0.15) is 74.6 Å². The molecule has 3 unspecified atom stereocenters. The van der Waals surface area contributed by atoms with Gasteiger partial charge in [0.2, 0.25) is 11.8 Å². The van der Waals surface area contributed by atoms with Crippen molar-refractivity contribution in [1.29, 1.82) is 0 Å². The van der Waals surface area contributed by atoms with E-state index in [9.17, 15) is 14.7 Å². The van der Waals surface area contributed by atoms with Crippen LogP contribution in [0.5, 0.6) is 11.6 Å². The van der Waals surface area contributed by atoms with E-state index in [1.54, 1.807) is 4.90 Å². The van der Waals surface area contributed by atoms with Gasteiger partial charge in [-0.25, -0.2) is 0 Å². The highest BCUT2D eigenvalue weighted by atomic mass is 32.1. The van der Waals surface area contributed by atoms with Gasteiger partial charge in [0.05, 0.1) is 11.4 Å². The predicted octanol–water partition coefficient (Wildman–Crippen LogP) is 5.35. The van der Waals surface area contributed by atoms with E-state index in [1.165, 1.54) is 51.4 Å². The molecule has 6 nitrogen and oxygen atoms in total. The molecule has 0 saturated heterocycles. The fourth-order valence-electron chi connectivity index (χ4n) is 5.75. The second-order valence-electron chi connectivity index (χ2n) is 10.1. The fraction of sp³-hybridized carbons (Fsp3) is 0.630. The zero-order valence-electron chi connectivity index (χ0n) is 20.3. The summed E-state index contributed by atoms with van der Waals surface area (Å²) >= 11 is 1.02. The first kappa shape index (κ1) is 24.8. The van der Waals surface area contributed by atoms with Gasteiger partial charge >= 0.3 is 4.87 Å². The van der Waals surface area contributed by atoms with Crippen LogP contribution in [0.2, 0.25) is 0 Å². The Balaban J connectivity index is 1.11. The second-order valence-corrected chi connectivity index (χ2v) is 11.2. The van der Waals surface area contributed by atoms with Crippen LogP contribution in [-0.4, -0.2) is 41.1 Å². The summed E-state index contributed by atoms with van der Waals surface area (Å²) in [4.78, 5) is 28.4. The molecular formula is C27H38N2O4S. The van der Waals surface area contributed by atoms with Gasteiger partial charge in [-0.15, -0.1) is 0 Å². The van der Waals surface area contributed by atoms with Crippen LogP contribution in [0.3, 0.4) is 0 Å². The Morgan fingerprint density at radius 2 is 1.91 bits per heavy atom. The Labute approximate surface area is 206 Å². The molecule has 34 heavy (non-hydrogen) atoms. The molecule has 3 atom stereocenters. The smallest absolute Gasteiger partial charge is 0.307 e. The molecule has 1 heterocycles. The van der Waals surface area contributed by atoms with E-state index < -0.39 is 0 Å². The first-order valence-corrected chi connectivity index (χ1v) is 13.7. The first-order valence-electron chi connectivity index (χ1n) is 12.8. The number of likely N-dealkylation sites (N-methyl/N-ethyl adjacent to an activating group) is 1. The number of H-pyrrole nitrogens is 1. The lowest BCUT2D eigenvalue weighted by molar-refractivity contribution is -0.130.